The van der Waals surface area contributed by atoms with Gasteiger partial charge in [0.05, 0.1) is 26.9 Å². The molecule has 7 heteroatoms. The van der Waals surface area contributed by atoms with Crippen LogP contribution in [0.2, 0.25) is 0 Å². The quantitative estimate of drug-likeness (QED) is 0.573. The van der Waals surface area contributed by atoms with E-state index < -0.39 is 17.9 Å². The molecule has 0 aliphatic rings. The van der Waals surface area contributed by atoms with Crippen molar-refractivity contribution in [3.63, 3.8) is 0 Å². The first kappa shape index (κ1) is 13.8. The molecule has 0 amide bonds. The van der Waals surface area contributed by atoms with Gasteiger partial charge in [0.2, 0.25) is 0 Å². The minimum Gasteiger partial charge on any atom is -0.465 e. The number of ether oxygens (including phenoxy) is 3. The van der Waals surface area contributed by atoms with Crippen molar-refractivity contribution in [2.75, 3.05) is 21.3 Å². The largest absolute Gasteiger partial charge is 0.465 e. The molecule has 18 heavy (non-hydrogen) atoms. The molecule has 1 aromatic rings. The van der Waals surface area contributed by atoms with Gasteiger partial charge in [-0.2, -0.15) is 0 Å². The predicted octanol–water partition coefficient (Wildman–Crippen LogP) is 0.385. The van der Waals surface area contributed by atoms with Gasteiger partial charge in [-0.15, -0.1) is 0 Å². The first-order valence-corrected chi connectivity index (χ1v) is 4.92. The van der Waals surface area contributed by atoms with Crippen LogP contribution in [-0.4, -0.2) is 43.8 Å². The van der Waals surface area contributed by atoms with Crippen LogP contribution in [0.5, 0.6) is 0 Å². The summed E-state index contributed by atoms with van der Waals surface area (Å²) >= 11 is 0. The third kappa shape index (κ3) is 2.20. The van der Waals surface area contributed by atoms with Gasteiger partial charge in [-0.25, -0.2) is 14.4 Å². The number of hydrogen-bond acceptors (Lipinski definition) is 6. The van der Waals surface area contributed by atoms with Gasteiger partial charge in [-0.1, -0.05) is 0 Å². The van der Waals surface area contributed by atoms with Crippen molar-refractivity contribution in [3.05, 3.63) is 23.0 Å². The maximum Gasteiger partial charge on any atom is 0.355 e. The molecule has 0 N–H and O–H groups in total. The highest BCUT2D eigenvalue weighted by molar-refractivity contribution is 6.05. The third-order valence-corrected chi connectivity index (χ3v) is 2.41. The second-order valence-corrected chi connectivity index (χ2v) is 3.33. The second-order valence-electron chi connectivity index (χ2n) is 3.33. The fourth-order valence-corrected chi connectivity index (χ4v) is 1.51. The molecule has 0 aromatic carbocycles. The zero-order chi connectivity index (χ0) is 13.9. The summed E-state index contributed by atoms with van der Waals surface area (Å²) in [6.07, 6.45) is 0. The van der Waals surface area contributed by atoms with Crippen molar-refractivity contribution >= 4 is 17.9 Å². The van der Waals surface area contributed by atoms with Gasteiger partial charge >= 0.3 is 17.9 Å². The van der Waals surface area contributed by atoms with E-state index >= 15 is 0 Å². The number of rotatable bonds is 3. The smallest absolute Gasteiger partial charge is 0.355 e. The molecule has 98 valence electrons. The molecule has 1 heterocycles. The highest BCUT2D eigenvalue weighted by Gasteiger charge is 2.27. The molecule has 1 rings (SSSR count). The summed E-state index contributed by atoms with van der Waals surface area (Å²) in [6, 6.07) is 1.23. The van der Waals surface area contributed by atoms with Crippen LogP contribution in [0.1, 0.15) is 31.3 Å². The van der Waals surface area contributed by atoms with Crippen molar-refractivity contribution in [3.8, 4) is 0 Å². The van der Waals surface area contributed by atoms with E-state index in [1.165, 1.54) is 39.0 Å². The Morgan fingerprint density at radius 3 is 1.89 bits per heavy atom. The van der Waals surface area contributed by atoms with E-state index in [2.05, 4.69) is 14.2 Å². The van der Waals surface area contributed by atoms with Crippen LogP contribution in [0.3, 0.4) is 0 Å². The summed E-state index contributed by atoms with van der Waals surface area (Å²) < 4.78 is 14.9. The van der Waals surface area contributed by atoms with Crippen LogP contribution in [0.25, 0.3) is 0 Å². The second kappa shape index (κ2) is 5.35. The van der Waals surface area contributed by atoms with Crippen molar-refractivity contribution in [2.24, 2.45) is 7.05 Å². The van der Waals surface area contributed by atoms with Crippen molar-refractivity contribution < 1.29 is 28.6 Å². The maximum absolute atomic E-state index is 11.6. The average molecular weight is 255 g/mol. The van der Waals surface area contributed by atoms with Crippen LogP contribution in [0.15, 0.2) is 6.07 Å². The standard InChI is InChI=1S/C11H13NO6/c1-12-7(10(14)17-3)5-6(9(13)16-2)8(12)11(15)18-4/h5H,1-4H3. The minimum atomic E-state index is -0.743. The molecule has 0 aliphatic heterocycles. The van der Waals surface area contributed by atoms with Crippen LogP contribution in [0.4, 0.5) is 0 Å². The lowest BCUT2D eigenvalue weighted by Crippen LogP contribution is -2.15. The van der Waals surface area contributed by atoms with E-state index in [4.69, 9.17) is 0 Å². The summed E-state index contributed by atoms with van der Waals surface area (Å²) in [7, 11) is 5.00. The van der Waals surface area contributed by atoms with Gasteiger partial charge in [0.25, 0.3) is 0 Å². The zero-order valence-electron chi connectivity index (χ0n) is 10.5. The lowest BCUT2D eigenvalue weighted by Gasteiger charge is -2.05. The average Bonchev–Trinajstić information content (AvgIpc) is 2.73. The number of esters is 3. The number of methoxy groups -OCH3 is 3. The molecule has 0 unspecified atom stereocenters. The van der Waals surface area contributed by atoms with Gasteiger partial charge < -0.3 is 18.8 Å². The first-order valence-electron chi connectivity index (χ1n) is 4.92. The van der Waals surface area contributed by atoms with Crippen LogP contribution >= 0.6 is 0 Å². The zero-order valence-corrected chi connectivity index (χ0v) is 10.5. The van der Waals surface area contributed by atoms with Crippen molar-refractivity contribution in [1.29, 1.82) is 0 Å². The Hall–Kier alpha value is -2.31. The number of nitrogens with zero attached hydrogens (tertiary/aromatic N) is 1. The fraction of sp³-hybridized carbons (Fsp3) is 0.364. The summed E-state index contributed by atoms with van der Waals surface area (Å²) in [5.41, 5.74) is -0.0599. The maximum atomic E-state index is 11.6. The first-order chi connectivity index (χ1) is 8.47. The van der Waals surface area contributed by atoms with Crippen LogP contribution < -0.4 is 0 Å². The predicted molar refractivity (Wildman–Crippen MR) is 59.4 cm³/mol. The highest BCUT2D eigenvalue weighted by atomic mass is 16.5. The fourth-order valence-electron chi connectivity index (χ4n) is 1.51. The van der Waals surface area contributed by atoms with Crippen LogP contribution in [-0.2, 0) is 21.3 Å². The Morgan fingerprint density at radius 1 is 0.944 bits per heavy atom. The Balaban J connectivity index is 3.45. The molecule has 0 aliphatic carbocycles. The summed E-state index contributed by atoms with van der Waals surface area (Å²) in [5, 5.41) is 0. The summed E-state index contributed by atoms with van der Waals surface area (Å²) in [4.78, 5) is 34.6. The molecule has 0 saturated carbocycles. The van der Waals surface area contributed by atoms with Gasteiger partial charge in [-0.05, 0) is 6.07 Å². The summed E-state index contributed by atoms with van der Waals surface area (Å²) in [6.45, 7) is 0. The molecule has 0 bridgehead atoms. The summed E-state index contributed by atoms with van der Waals surface area (Å²) in [5.74, 6) is -2.15. The third-order valence-electron chi connectivity index (χ3n) is 2.41. The highest BCUT2D eigenvalue weighted by Crippen LogP contribution is 2.18. The molecule has 7 nitrogen and oxygen atoms in total. The SMILES string of the molecule is COC(=O)c1cc(C(=O)OC)n(C)c1C(=O)OC. The molecular weight excluding hydrogens is 242 g/mol. The van der Waals surface area contributed by atoms with E-state index in [0.717, 1.165) is 0 Å². The van der Waals surface area contributed by atoms with E-state index in [9.17, 15) is 14.4 Å². The lowest BCUT2D eigenvalue weighted by molar-refractivity contribution is 0.0546. The molecule has 0 radical (unpaired) electrons. The van der Waals surface area contributed by atoms with E-state index in [1.807, 2.05) is 0 Å². The van der Waals surface area contributed by atoms with E-state index in [1.54, 1.807) is 0 Å². The number of hydrogen-bond donors (Lipinski definition) is 0. The molecule has 0 fully saturated rings. The molecule has 0 saturated heterocycles. The number of carbonyl (C=O) groups excluding carboxylic acids is 3. The molecule has 0 spiro atoms. The Labute approximate surface area is 103 Å². The number of aromatic nitrogens is 1. The van der Waals surface area contributed by atoms with Gasteiger partial charge in [0, 0.05) is 7.05 Å². The Kier molecular flexibility index (Phi) is 4.09. The van der Waals surface area contributed by atoms with Crippen molar-refractivity contribution in [2.45, 2.75) is 0 Å². The van der Waals surface area contributed by atoms with E-state index in [0.29, 0.717) is 0 Å². The van der Waals surface area contributed by atoms with Crippen LogP contribution in [0, 0.1) is 0 Å². The molecular formula is C11H13NO6. The topological polar surface area (TPSA) is 83.8 Å². The van der Waals surface area contributed by atoms with E-state index in [-0.39, 0.29) is 17.0 Å². The minimum absolute atomic E-state index is 0.0488. The van der Waals surface area contributed by atoms with Crippen molar-refractivity contribution in [1.82, 2.24) is 4.57 Å². The van der Waals surface area contributed by atoms with Gasteiger partial charge in [-0.3, -0.25) is 0 Å². The van der Waals surface area contributed by atoms with Gasteiger partial charge in [0.15, 0.2) is 0 Å². The number of carbonyl (C=O) groups is 3. The molecule has 0 atom stereocenters. The Morgan fingerprint density at radius 2 is 1.44 bits per heavy atom. The molecule has 1 aromatic heterocycles. The monoisotopic (exact) mass is 255 g/mol. The lowest BCUT2D eigenvalue weighted by atomic mass is 10.2. The Bertz CT molecular complexity index is 502. The van der Waals surface area contributed by atoms with Gasteiger partial charge in [0.1, 0.15) is 11.4 Å². The normalized spacial score (nSPS) is 9.78.